The molecule has 2 aromatic rings. The summed E-state index contributed by atoms with van der Waals surface area (Å²) in [7, 11) is 0. The smallest absolute Gasteiger partial charge is 0.417 e. The zero-order valence-corrected chi connectivity index (χ0v) is 17.5. The Morgan fingerprint density at radius 2 is 1.88 bits per heavy atom. The Morgan fingerprint density at radius 3 is 2.59 bits per heavy atom. The van der Waals surface area contributed by atoms with Gasteiger partial charge in [-0.05, 0) is 61.2 Å². The molecule has 0 radical (unpaired) electrons. The van der Waals surface area contributed by atoms with Crippen LogP contribution in [0.4, 0.5) is 18.0 Å². The number of piperidine rings is 3. The molecular formula is C24H25F3N2O3. The Hall–Kier alpha value is -2.74. The SMILES string of the molecule is O=C(NC1CCOc2ccc(-c3ccccc3C(F)(F)F)cc21)O[C@H]1CN2CCC1CC2. The number of halogens is 3. The van der Waals surface area contributed by atoms with Gasteiger partial charge < -0.3 is 14.8 Å². The molecule has 4 aliphatic rings. The number of hydrogen-bond donors (Lipinski definition) is 1. The lowest BCUT2D eigenvalue weighted by Gasteiger charge is -2.44. The van der Waals surface area contributed by atoms with Gasteiger partial charge in [0, 0.05) is 18.5 Å². The fraction of sp³-hybridized carbons (Fsp3) is 0.458. The molecule has 32 heavy (non-hydrogen) atoms. The first-order valence-electron chi connectivity index (χ1n) is 11.0. The topological polar surface area (TPSA) is 50.8 Å². The number of fused-ring (bicyclic) bond motifs is 4. The van der Waals surface area contributed by atoms with Crippen LogP contribution in [0.15, 0.2) is 42.5 Å². The van der Waals surface area contributed by atoms with E-state index in [-0.39, 0.29) is 17.7 Å². The number of hydrogen-bond acceptors (Lipinski definition) is 4. The van der Waals surface area contributed by atoms with E-state index in [2.05, 4.69) is 10.2 Å². The molecule has 8 heteroatoms. The van der Waals surface area contributed by atoms with Crippen LogP contribution < -0.4 is 10.1 Å². The van der Waals surface area contributed by atoms with Crippen molar-refractivity contribution in [3.05, 3.63) is 53.6 Å². The molecule has 1 amide bonds. The number of carbonyl (C=O) groups is 1. The van der Waals surface area contributed by atoms with Crippen LogP contribution in [0.5, 0.6) is 5.75 Å². The second kappa shape index (κ2) is 8.31. The molecule has 0 saturated carbocycles. The molecule has 3 fully saturated rings. The molecule has 6 rings (SSSR count). The van der Waals surface area contributed by atoms with Gasteiger partial charge in [-0.15, -0.1) is 0 Å². The maximum Gasteiger partial charge on any atom is 0.417 e. The molecule has 2 atom stereocenters. The summed E-state index contributed by atoms with van der Waals surface area (Å²) >= 11 is 0. The summed E-state index contributed by atoms with van der Waals surface area (Å²) in [5.74, 6) is 0.968. The molecule has 1 N–H and O–H groups in total. The lowest BCUT2D eigenvalue weighted by molar-refractivity contribution is -0.137. The molecule has 170 valence electrons. The maximum atomic E-state index is 13.5. The van der Waals surface area contributed by atoms with E-state index in [0.29, 0.717) is 35.8 Å². The van der Waals surface area contributed by atoms with Crippen molar-refractivity contribution in [3.8, 4) is 16.9 Å². The van der Waals surface area contributed by atoms with E-state index in [0.717, 1.165) is 38.5 Å². The summed E-state index contributed by atoms with van der Waals surface area (Å²) in [6.45, 7) is 3.29. The van der Waals surface area contributed by atoms with Gasteiger partial charge in [-0.25, -0.2) is 4.79 Å². The molecule has 0 spiro atoms. The first-order chi connectivity index (χ1) is 15.4. The van der Waals surface area contributed by atoms with Crippen molar-refractivity contribution >= 4 is 6.09 Å². The molecule has 0 aromatic heterocycles. The Bertz CT molecular complexity index is 1000. The predicted octanol–water partition coefficient (Wildman–Crippen LogP) is 5.02. The quantitative estimate of drug-likeness (QED) is 0.720. The number of rotatable bonds is 3. The lowest BCUT2D eigenvalue weighted by atomic mass is 9.86. The third-order valence-corrected chi connectivity index (χ3v) is 6.74. The molecule has 4 aliphatic heterocycles. The van der Waals surface area contributed by atoms with Gasteiger partial charge in [0.2, 0.25) is 0 Å². The third kappa shape index (κ3) is 4.16. The van der Waals surface area contributed by atoms with Crippen molar-refractivity contribution in [2.24, 2.45) is 5.92 Å². The van der Waals surface area contributed by atoms with Crippen LogP contribution in [0.3, 0.4) is 0 Å². The number of amides is 1. The highest BCUT2D eigenvalue weighted by atomic mass is 19.4. The minimum absolute atomic E-state index is 0.0991. The van der Waals surface area contributed by atoms with Gasteiger partial charge >= 0.3 is 12.3 Å². The molecular weight excluding hydrogens is 421 g/mol. The zero-order chi connectivity index (χ0) is 22.3. The fourth-order valence-electron chi connectivity index (χ4n) is 5.05. The van der Waals surface area contributed by atoms with Crippen LogP contribution in [0.2, 0.25) is 0 Å². The summed E-state index contributed by atoms with van der Waals surface area (Å²) in [6.07, 6.45) is -2.45. The maximum absolute atomic E-state index is 13.5. The predicted molar refractivity (Wildman–Crippen MR) is 112 cm³/mol. The summed E-state index contributed by atoms with van der Waals surface area (Å²) in [5, 5.41) is 2.92. The van der Waals surface area contributed by atoms with E-state index in [9.17, 15) is 18.0 Å². The van der Waals surface area contributed by atoms with Crippen LogP contribution in [-0.4, -0.2) is 43.3 Å². The zero-order valence-electron chi connectivity index (χ0n) is 17.5. The van der Waals surface area contributed by atoms with Gasteiger partial charge in [-0.2, -0.15) is 13.2 Å². The van der Waals surface area contributed by atoms with Gasteiger partial charge in [0.05, 0.1) is 18.2 Å². The first kappa shape index (κ1) is 21.1. The monoisotopic (exact) mass is 446 g/mol. The number of nitrogens with one attached hydrogen (secondary N) is 1. The number of nitrogens with zero attached hydrogens (tertiary/aromatic N) is 1. The van der Waals surface area contributed by atoms with Gasteiger partial charge in [-0.3, -0.25) is 4.90 Å². The van der Waals surface area contributed by atoms with E-state index in [1.807, 2.05) is 0 Å². The van der Waals surface area contributed by atoms with E-state index in [4.69, 9.17) is 9.47 Å². The van der Waals surface area contributed by atoms with Gasteiger partial charge in [0.25, 0.3) is 0 Å². The Morgan fingerprint density at radius 1 is 1.09 bits per heavy atom. The molecule has 4 heterocycles. The van der Waals surface area contributed by atoms with Gasteiger partial charge in [0.15, 0.2) is 0 Å². The molecule has 0 aliphatic carbocycles. The van der Waals surface area contributed by atoms with Crippen molar-refractivity contribution < 1.29 is 27.4 Å². The van der Waals surface area contributed by atoms with Gasteiger partial charge in [-0.1, -0.05) is 24.3 Å². The van der Waals surface area contributed by atoms with E-state index >= 15 is 0 Å². The third-order valence-electron chi connectivity index (χ3n) is 6.74. The standard InChI is InChI=1S/C24H25F3N2O3/c25-24(26,27)19-4-2-1-3-17(19)16-5-6-21-18(13-16)20(9-12-31-21)28-23(30)32-22-14-29-10-7-15(22)8-11-29/h1-6,13,15,20,22H,7-12,14H2,(H,28,30)/t20?,22-/m0/s1. The van der Waals surface area contributed by atoms with Crippen LogP contribution in [0, 0.1) is 5.92 Å². The van der Waals surface area contributed by atoms with Crippen molar-refractivity contribution in [3.63, 3.8) is 0 Å². The largest absolute Gasteiger partial charge is 0.493 e. The van der Waals surface area contributed by atoms with Crippen LogP contribution >= 0.6 is 0 Å². The molecule has 1 unspecified atom stereocenters. The molecule has 3 saturated heterocycles. The highest BCUT2D eigenvalue weighted by Crippen LogP contribution is 2.40. The fourth-order valence-corrected chi connectivity index (χ4v) is 5.05. The first-order valence-corrected chi connectivity index (χ1v) is 11.0. The second-order valence-corrected chi connectivity index (χ2v) is 8.71. The van der Waals surface area contributed by atoms with Gasteiger partial charge in [0.1, 0.15) is 11.9 Å². The summed E-state index contributed by atoms with van der Waals surface area (Å²) in [5.41, 5.74) is 0.501. The van der Waals surface area contributed by atoms with E-state index in [1.165, 1.54) is 12.1 Å². The van der Waals surface area contributed by atoms with E-state index < -0.39 is 17.8 Å². The number of alkyl carbamates (subject to hydrolysis) is 1. The van der Waals surface area contributed by atoms with Crippen molar-refractivity contribution in [1.82, 2.24) is 10.2 Å². The minimum atomic E-state index is -4.46. The number of ether oxygens (including phenoxy) is 2. The number of carbonyl (C=O) groups excluding carboxylic acids is 1. The van der Waals surface area contributed by atoms with Crippen LogP contribution in [-0.2, 0) is 10.9 Å². The second-order valence-electron chi connectivity index (χ2n) is 8.71. The van der Waals surface area contributed by atoms with Crippen LogP contribution in [0.1, 0.15) is 36.4 Å². The lowest BCUT2D eigenvalue weighted by Crippen LogP contribution is -2.52. The Balaban J connectivity index is 1.36. The van der Waals surface area contributed by atoms with Crippen molar-refractivity contribution in [2.75, 3.05) is 26.2 Å². The summed E-state index contributed by atoms with van der Waals surface area (Å²) in [6, 6.07) is 10.1. The summed E-state index contributed by atoms with van der Waals surface area (Å²) < 4.78 is 52.0. The van der Waals surface area contributed by atoms with Crippen molar-refractivity contribution in [1.29, 1.82) is 0 Å². The minimum Gasteiger partial charge on any atom is -0.493 e. The molecule has 2 aromatic carbocycles. The average molecular weight is 446 g/mol. The highest BCUT2D eigenvalue weighted by Gasteiger charge is 2.37. The van der Waals surface area contributed by atoms with Crippen molar-refractivity contribution in [2.45, 2.75) is 37.6 Å². The van der Waals surface area contributed by atoms with E-state index in [1.54, 1.807) is 24.3 Å². The number of benzene rings is 2. The molecule has 2 bridgehead atoms. The normalized spacial score (nSPS) is 26.7. The summed E-state index contributed by atoms with van der Waals surface area (Å²) in [4.78, 5) is 15.0. The Kier molecular flexibility index (Phi) is 5.49. The average Bonchev–Trinajstić information content (AvgIpc) is 2.79. The number of alkyl halides is 3. The highest BCUT2D eigenvalue weighted by molar-refractivity contribution is 5.72. The Labute approximate surface area is 184 Å². The molecule has 5 nitrogen and oxygen atoms in total. The van der Waals surface area contributed by atoms with Crippen LogP contribution in [0.25, 0.3) is 11.1 Å².